The zero-order valence-corrected chi connectivity index (χ0v) is 17.7. The largest absolute Gasteiger partial charge is 0.416 e. The van der Waals surface area contributed by atoms with Crippen molar-refractivity contribution in [3.63, 3.8) is 0 Å². The number of thioether (sulfide) groups is 2. The molecule has 0 radical (unpaired) electrons. The summed E-state index contributed by atoms with van der Waals surface area (Å²) in [7, 11) is 1.80. The molecule has 1 aliphatic heterocycles. The minimum atomic E-state index is -4.48. The Morgan fingerprint density at radius 1 is 1.10 bits per heavy atom. The molecule has 31 heavy (non-hydrogen) atoms. The van der Waals surface area contributed by atoms with Crippen LogP contribution in [0.2, 0.25) is 0 Å². The summed E-state index contributed by atoms with van der Waals surface area (Å²) in [5.41, 5.74) is 2.19. The Labute approximate surface area is 185 Å². The summed E-state index contributed by atoms with van der Waals surface area (Å²) < 4.78 is 39.3. The molecule has 0 fully saturated rings. The van der Waals surface area contributed by atoms with Crippen LogP contribution in [0.15, 0.2) is 64.7 Å². The van der Waals surface area contributed by atoms with Crippen LogP contribution in [-0.4, -0.2) is 21.6 Å². The number of alkyl halides is 3. The number of hydrazone groups is 1. The molecule has 0 bridgehead atoms. The van der Waals surface area contributed by atoms with E-state index in [0.717, 1.165) is 29.1 Å². The fourth-order valence-electron chi connectivity index (χ4n) is 2.89. The third-order valence-corrected chi connectivity index (χ3v) is 6.61. The molecule has 1 aliphatic rings. The molecular weight excluding hydrogens is 443 g/mol. The number of hydrogen-bond donors (Lipinski definition) is 0. The van der Waals surface area contributed by atoms with Gasteiger partial charge in [-0.15, -0.1) is 10.2 Å². The van der Waals surface area contributed by atoms with Gasteiger partial charge in [-0.05, 0) is 35.5 Å². The standard InChI is InChI=1S/C21H14F3N5S2/c1-29-18-10-17(13-5-3-2-4-6-13)26-27-19(18)31-20(28-29)30-12-14-7-8-16(21(22,23)24)9-15(14)11-25/h2-10H,12H2,1H3. The summed E-state index contributed by atoms with van der Waals surface area (Å²) in [6, 6.07) is 16.7. The Morgan fingerprint density at radius 2 is 1.87 bits per heavy atom. The third-order valence-electron chi connectivity index (χ3n) is 4.48. The number of rotatable bonds is 3. The van der Waals surface area contributed by atoms with E-state index in [-0.39, 0.29) is 5.56 Å². The average Bonchev–Trinajstić information content (AvgIpc) is 2.77. The predicted octanol–water partition coefficient (Wildman–Crippen LogP) is 5.78. The number of nitrogens with zero attached hydrogens (tertiary/aromatic N) is 5. The highest BCUT2D eigenvalue weighted by Crippen LogP contribution is 2.39. The Balaban J connectivity index is 1.50. The molecule has 2 aromatic carbocycles. The Hall–Kier alpha value is -3.03. The van der Waals surface area contributed by atoms with Crippen LogP contribution in [0.25, 0.3) is 11.3 Å². The van der Waals surface area contributed by atoms with Crippen LogP contribution in [0.3, 0.4) is 0 Å². The zero-order valence-electron chi connectivity index (χ0n) is 16.1. The van der Waals surface area contributed by atoms with Gasteiger partial charge in [-0.2, -0.15) is 23.5 Å². The van der Waals surface area contributed by atoms with Gasteiger partial charge in [0.1, 0.15) is 0 Å². The second-order valence-corrected chi connectivity index (χ2v) is 8.75. The Morgan fingerprint density at radius 3 is 2.58 bits per heavy atom. The third kappa shape index (κ3) is 4.68. The molecule has 156 valence electrons. The van der Waals surface area contributed by atoms with E-state index in [2.05, 4.69) is 15.3 Å². The predicted molar refractivity (Wildman–Crippen MR) is 117 cm³/mol. The molecule has 0 aliphatic carbocycles. The smallest absolute Gasteiger partial charge is 0.264 e. The second-order valence-electron chi connectivity index (χ2n) is 6.55. The summed E-state index contributed by atoms with van der Waals surface area (Å²) in [6.07, 6.45) is -4.48. The lowest BCUT2D eigenvalue weighted by Gasteiger charge is -2.22. The van der Waals surface area contributed by atoms with Crippen LogP contribution in [0.1, 0.15) is 16.7 Å². The molecular formula is C21H14F3N5S2. The Bertz CT molecular complexity index is 1190. The summed E-state index contributed by atoms with van der Waals surface area (Å²) >= 11 is 2.67. The highest BCUT2D eigenvalue weighted by atomic mass is 32.2. The van der Waals surface area contributed by atoms with Crippen LogP contribution in [-0.2, 0) is 11.9 Å². The minimum Gasteiger partial charge on any atom is -0.264 e. The number of anilines is 1. The minimum absolute atomic E-state index is 0.00443. The average molecular weight is 458 g/mol. The summed E-state index contributed by atoms with van der Waals surface area (Å²) in [5.74, 6) is 0.311. The van der Waals surface area contributed by atoms with Crippen molar-refractivity contribution in [3.8, 4) is 17.3 Å². The number of fused-ring (bicyclic) bond motifs is 1. The maximum absolute atomic E-state index is 12.9. The molecule has 0 saturated heterocycles. The van der Waals surface area contributed by atoms with E-state index in [1.165, 1.54) is 29.6 Å². The van der Waals surface area contributed by atoms with E-state index in [1.54, 1.807) is 12.1 Å². The molecule has 3 aromatic rings. The Kier molecular flexibility index (Phi) is 5.89. The maximum Gasteiger partial charge on any atom is 0.416 e. The molecule has 0 amide bonds. The fourth-order valence-corrected chi connectivity index (χ4v) is 4.95. The van der Waals surface area contributed by atoms with Crippen LogP contribution in [0, 0.1) is 11.3 Å². The van der Waals surface area contributed by atoms with Gasteiger partial charge in [0.25, 0.3) is 0 Å². The van der Waals surface area contributed by atoms with Gasteiger partial charge in [-0.1, -0.05) is 48.2 Å². The van der Waals surface area contributed by atoms with Gasteiger partial charge in [0.15, 0.2) is 9.40 Å². The molecule has 0 spiro atoms. The normalized spacial score (nSPS) is 13.4. The molecule has 0 unspecified atom stereocenters. The molecule has 0 atom stereocenters. The summed E-state index contributed by atoms with van der Waals surface area (Å²) in [6.45, 7) is 0. The number of nitriles is 1. The van der Waals surface area contributed by atoms with E-state index in [0.29, 0.717) is 20.7 Å². The quantitative estimate of drug-likeness (QED) is 0.497. The van der Waals surface area contributed by atoms with Crippen LogP contribution < -0.4 is 5.01 Å². The summed E-state index contributed by atoms with van der Waals surface area (Å²) in [5, 5.41) is 24.8. The molecule has 4 rings (SSSR count). The van der Waals surface area contributed by atoms with Crippen molar-refractivity contribution in [2.75, 3.05) is 12.1 Å². The molecule has 5 nitrogen and oxygen atoms in total. The molecule has 1 aromatic heterocycles. The number of benzene rings is 2. The first-order valence-corrected chi connectivity index (χ1v) is 10.8. The first-order valence-electron chi connectivity index (χ1n) is 9.01. The number of aromatic nitrogens is 2. The van der Waals surface area contributed by atoms with Crippen LogP contribution >= 0.6 is 23.5 Å². The van der Waals surface area contributed by atoms with Crippen LogP contribution in [0.4, 0.5) is 18.9 Å². The van der Waals surface area contributed by atoms with Crippen LogP contribution in [0.5, 0.6) is 0 Å². The topological polar surface area (TPSA) is 65.2 Å². The van der Waals surface area contributed by atoms with E-state index in [4.69, 9.17) is 0 Å². The van der Waals surface area contributed by atoms with Crippen molar-refractivity contribution in [3.05, 3.63) is 71.3 Å². The van der Waals surface area contributed by atoms with E-state index in [1.807, 2.05) is 42.5 Å². The molecule has 0 N–H and O–H groups in total. The van der Waals surface area contributed by atoms with Gasteiger partial charge in [0, 0.05) is 18.4 Å². The molecule has 2 heterocycles. The van der Waals surface area contributed by atoms with E-state index in [9.17, 15) is 18.4 Å². The fraction of sp³-hybridized carbons (Fsp3) is 0.143. The highest BCUT2D eigenvalue weighted by molar-refractivity contribution is 8.38. The zero-order chi connectivity index (χ0) is 22.0. The van der Waals surface area contributed by atoms with Gasteiger partial charge in [-0.3, -0.25) is 5.01 Å². The first-order chi connectivity index (χ1) is 14.8. The van der Waals surface area contributed by atoms with Gasteiger partial charge < -0.3 is 0 Å². The van der Waals surface area contributed by atoms with Crippen molar-refractivity contribution in [1.82, 2.24) is 10.2 Å². The first kappa shape index (κ1) is 21.2. The maximum atomic E-state index is 12.9. The lowest BCUT2D eigenvalue weighted by Crippen LogP contribution is -2.17. The van der Waals surface area contributed by atoms with E-state index >= 15 is 0 Å². The van der Waals surface area contributed by atoms with Crippen molar-refractivity contribution in [2.24, 2.45) is 5.10 Å². The van der Waals surface area contributed by atoms with Crippen molar-refractivity contribution < 1.29 is 13.2 Å². The van der Waals surface area contributed by atoms with Gasteiger partial charge in [0.05, 0.1) is 28.6 Å². The van der Waals surface area contributed by atoms with E-state index < -0.39 is 11.7 Å². The monoisotopic (exact) mass is 457 g/mol. The van der Waals surface area contributed by atoms with Crippen molar-refractivity contribution in [1.29, 1.82) is 5.26 Å². The lowest BCUT2D eigenvalue weighted by molar-refractivity contribution is -0.137. The molecule has 10 heteroatoms. The SMILES string of the molecule is CN1N=C(SCc2ccc(C(F)(F)F)cc2C#N)Sc2nnc(-c3ccccc3)cc21. The summed E-state index contributed by atoms with van der Waals surface area (Å²) in [4.78, 5) is 0. The van der Waals surface area contributed by atoms with Gasteiger partial charge in [-0.25, -0.2) is 0 Å². The number of halogens is 3. The number of hydrogen-bond acceptors (Lipinski definition) is 7. The lowest BCUT2D eigenvalue weighted by atomic mass is 10.1. The van der Waals surface area contributed by atoms with Gasteiger partial charge in [0.2, 0.25) is 0 Å². The van der Waals surface area contributed by atoms with Crippen molar-refractivity contribution in [2.45, 2.75) is 17.0 Å². The second kappa shape index (κ2) is 8.61. The molecule has 0 saturated carbocycles. The van der Waals surface area contributed by atoms with Crippen molar-refractivity contribution >= 4 is 33.6 Å². The van der Waals surface area contributed by atoms with Gasteiger partial charge >= 0.3 is 6.18 Å². The highest BCUT2D eigenvalue weighted by Gasteiger charge is 2.31.